The molecule has 0 aliphatic carbocycles. The van der Waals surface area contributed by atoms with Crippen molar-refractivity contribution in [2.24, 2.45) is 5.92 Å². The van der Waals surface area contributed by atoms with E-state index in [1.54, 1.807) is 0 Å². The molecule has 0 aromatic rings. The second-order valence-electron chi connectivity index (χ2n) is 4.59. The molecule has 0 aromatic heterocycles. The normalized spacial score (nSPS) is 29.9. The van der Waals surface area contributed by atoms with Gasteiger partial charge in [-0.25, -0.2) is 0 Å². The van der Waals surface area contributed by atoms with Crippen molar-refractivity contribution in [2.45, 2.75) is 51.2 Å². The van der Waals surface area contributed by atoms with Gasteiger partial charge in [0, 0.05) is 6.42 Å². The molecule has 1 aliphatic heterocycles. The first-order valence-corrected chi connectivity index (χ1v) is 5.44. The largest absolute Gasteiger partial charge is 0.393 e. The van der Waals surface area contributed by atoms with E-state index in [0.717, 1.165) is 25.8 Å². The van der Waals surface area contributed by atoms with Crippen LogP contribution < -0.4 is 5.32 Å². The van der Waals surface area contributed by atoms with E-state index in [4.69, 9.17) is 5.26 Å². The maximum Gasteiger partial charge on any atom is 0.109 e. The highest BCUT2D eigenvalue weighted by molar-refractivity contribution is 5.09. The summed E-state index contributed by atoms with van der Waals surface area (Å²) in [6.45, 7) is 4.87. The average Bonchev–Trinajstić information content (AvgIpc) is 2.19. The second-order valence-corrected chi connectivity index (χ2v) is 4.59. The minimum absolute atomic E-state index is 0.226. The van der Waals surface area contributed by atoms with Crippen LogP contribution in [0.3, 0.4) is 0 Å². The molecule has 2 unspecified atom stereocenters. The first kappa shape index (κ1) is 11.5. The van der Waals surface area contributed by atoms with Gasteiger partial charge in [-0.3, -0.25) is 5.32 Å². The number of nitriles is 1. The molecule has 3 nitrogen and oxygen atoms in total. The second kappa shape index (κ2) is 4.77. The van der Waals surface area contributed by atoms with E-state index in [0.29, 0.717) is 6.42 Å². The number of nitrogens with one attached hydrogen (secondary N) is 1. The predicted molar refractivity (Wildman–Crippen MR) is 55.7 cm³/mol. The van der Waals surface area contributed by atoms with E-state index >= 15 is 0 Å². The topological polar surface area (TPSA) is 56.0 Å². The Morgan fingerprint density at radius 3 is 2.64 bits per heavy atom. The smallest absolute Gasteiger partial charge is 0.109 e. The lowest BCUT2D eigenvalue weighted by molar-refractivity contribution is 0.0845. The zero-order valence-corrected chi connectivity index (χ0v) is 9.08. The van der Waals surface area contributed by atoms with E-state index in [9.17, 15) is 5.11 Å². The van der Waals surface area contributed by atoms with Crippen LogP contribution in [-0.2, 0) is 0 Å². The third-order valence-electron chi connectivity index (χ3n) is 3.03. The fraction of sp³-hybridized carbons (Fsp3) is 0.909. The molecule has 2 atom stereocenters. The van der Waals surface area contributed by atoms with Crippen LogP contribution in [0.1, 0.15) is 39.5 Å². The maximum absolute atomic E-state index is 9.78. The Hall–Kier alpha value is -0.590. The molecule has 0 amide bonds. The predicted octanol–water partition coefficient (Wildman–Crippen LogP) is 1.43. The van der Waals surface area contributed by atoms with Crippen molar-refractivity contribution in [3.05, 3.63) is 0 Å². The molecule has 1 rings (SSSR count). The van der Waals surface area contributed by atoms with E-state index in [1.165, 1.54) is 0 Å². The average molecular weight is 196 g/mol. The lowest BCUT2D eigenvalue weighted by Gasteiger charge is -2.34. The minimum atomic E-state index is -0.470. The van der Waals surface area contributed by atoms with Gasteiger partial charge in [-0.1, -0.05) is 13.8 Å². The summed E-state index contributed by atoms with van der Waals surface area (Å²) < 4.78 is 0. The molecule has 1 aliphatic rings. The number of aliphatic hydroxyl groups excluding tert-OH is 1. The summed E-state index contributed by atoms with van der Waals surface area (Å²) in [4.78, 5) is 0. The molecular weight excluding hydrogens is 176 g/mol. The molecule has 3 heteroatoms. The molecule has 1 fully saturated rings. The number of piperidine rings is 1. The van der Waals surface area contributed by atoms with Crippen LogP contribution in [-0.4, -0.2) is 23.3 Å². The van der Waals surface area contributed by atoms with E-state index in [2.05, 4.69) is 11.4 Å². The van der Waals surface area contributed by atoms with E-state index < -0.39 is 5.54 Å². The molecule has 0 spiro atoms. The Kier molecular flexibility index (Phi) is 3.91. The Balaban J connectivity index is 2.57. The molecule has 1 saturated heterocycles. The number of hydrogen-bond acceptors (Lipinski definition) is 3. The van der Waals surface area contributed by atoms with Gasteiger partial charge in [-0.15, -0.1) is 0 Å². The van der Waals surface area contributed by atoms with Crippen molar-refractivity contribution in [3.8, 4) is 6.07 Å². The monoisotopic (exact) mass is 196 g/mol. The fourth-order valence-corrected chi connectivity index (χ4v) is 1.88. The Labute approximate surface area is 86.1 Å². The van der Waals surface area contributed by atoms with Crippen LogP contribution >= 0.6 is 0 Å². The summed E-state index contributed by atoms with van der Waals surface area (Å²) in [5, 5.41) is 22.2. The Morgan fingerprint density at radius 1 is 1.50 bits per heavy atom. The summed E-state index contributed by atoms with van der Waals surface area (Å²) in [6, 6.07) is 2.33. The van der Waals surface area contributed by atoms with Gasteiger partial charge in [-0.05, 0) is 31.7 Å². The van der Waals surface area contributed by atoms with Crippen molar-refractivity contribution in [1.82, 2.24) is 5.32 Å². The first-order valence-electron chi connectivity index (χ1n) is 5.44. The quantitative estimate of drug-likeness (QED) is 0.718. The molecule has 0 saturated carbocycles. The van der Waals surface area contributed by atoms with Crippen LogP contribution in [0.15, 0.2) is 0 Å². The number of aliphatic hydroxyl groups is 1. The Morgan fingerprint density at radius 2 is 2.21 bits per heavy atom. The number of nitrogens with zero attached hydrogens (tertiary/aromatic N) is 1. The lowest BCUT2D eigenvalue weighted by atomic mass is 9.83. The van der Waals surface area contributed by atoms with Gasteiger partial charge in [0.2, 0.25) is 0 Å². The van der Waals surface area contributed by atoms with Crippen molar-refractivity contribution < 1.29 is 5.11 Å². The summed E-state index contributed by atoms with van der Waals surface area (Å²) >= 11 is 0. The highest BCUT2D eigenvalue weighted by Gasteiger charge is 2.34. The van der Waals surface area contributed by atoms with Gasteiger partial charge in [0.1, 0.15) is 5.54 Å². The Bertz CT molecular complexity index is 214. The van der Waals surface area contributed by atoms with E-state index in [1.807, 2.05) is 13.8 Å². The minimum Gasteiger partial charge on any atom is -0.393 e. The lowest BCUT2D eigenvalue weighted by Crippen LogP contribution is -2.50. The highest BCUT2D eigenvalue weighted by Crippen LogP contribution is 2.25. The molecule has 0 radical (unpaired) electrons. The molecule has 80 valence electrons. The van der Waals surface area contributed by atoms with Gasteiger partial charge < -0.3 is 5.11 Å². The van der Waals surface area contributed by atoms with Gasteiger partial charge in [-0.2, -0.15) is 5.26 Å². The molecular formula is C11H20N2O. The zero-order chi connectivity index (χ0) is 10.6. The highest BCUT2D eigenvalue weighted by atomic mass is 16.3. The van der Waals surface area contributed by atoms with Crippen LogP contribution in [0, 0.1) is 17.2 Å². The van der Waals surface area contributed by atoms with Crippen LogP contribution in [0.5, 0.6) is 0 Å². The summed E-state index contributed by atoms with van der Waals surface area (Å²) in [6.07, 6.45) is 3.28. The molecule has 0 bridgehead atoms. The van der Waals surface area contributed by atoms with Gasteiger partial charge in [0.05, 0.1) is 12.2 Å². The van der Waals surface area contributed by atoms with Crippen molar-refractivity contribution in [2.75, 3.05) is 6.54 Å². The molecule has 14 heavy (non-hydrogen) atoms. The van der Waals surface area contributed by atoms with Crippen LogP contribution in [0.25, 0.3) is 0 Å². The molecule has 0 aromatic carbocycles. The van der Waals surface area contributed by atoms with Crippen LogP contribution in [0.4, 0.5) is 0 Å². The maximum atomic E-state index is 9.78. The van der Waals surface area contributed by atoms with Gasteiger partial charge >= 0.3 is 0 Å². The van der Waals surface area contributed by atoms with Crippen LogP contribution in [0.2, 0.25) is 0 Å². The van der Waals surface area contributed by atoms with Gasteiger partial charge in [0.15, 0.2) is 0 Å². The zero-order valence-electron chi connectivity index (χ0n) is 9.08. The standard InChI is InChI=1S/C11H20N2O/c1-9(2)10(14)7-11(8-12)5-3-4-6-13-11/h9-10,13-14H,3-7H2,1-2H3. The molecule has 2 N–H and O–H groups in total. The summed E-state index contributed by atoms with van der Waals surface area (Å²) in [7, 11) is 0. The SMILES string of the molecule is CC(C)C(O)CC1(C#N)CCCCN1. The van der Waals surface area contributed by atoms with Crippen molar-refractivity contribution in [3.63, 3.8) is 0 Å². The number of rotatable bonds is 3. The first-order chi connectivity index (χ1) is 6.59. The summed E-state index contributed by atoms with van der Waals surface area (Å²) in [5.74, 6) is 0.226. The summed E-state index contributed by atoms with van der Waals surface area (Å²) in [5.41, 5.74) is -0.470. The van der Waals surface area contributed by atoms with Crippen molar-refractivity contribution >= 4 is 0 Å². The molecule has 1 heterocycles. The number of hydrogen-bond donors (Lipinski definition) is 2. The third-order valence-corrected chi connectivity index (χ3v) is 3.03. The third kappa shape index (κ3) is 2.70. The van der Waals surface area contributed by atoms with Crippen molar-refractivity contribution in [1.29, 1.82) is 5.26 Å². The van der Waals surface area contributed by atoms with E-state index in [-0.39, 0.29) is 12.0 Å². The van der Waals surface area contributed by atoms with Gasteiger partial charge in [0.25, 0.3) is 0 Å². The fourth-order valence-electron chi connectivity index (χ4n) is 1.88.